The first-order valence-electron chi connectivity index (χ1n) is 13.8. The van der Waals surface area contributed by atoms with Gasteiger partial charge in [0.15, 0.2) is 0 Å². The largest absolute Gasteiger partial charge is 0.353 e. The Balaban J connectivity index is 1.34. The maximum absolute atomic E-state index is 13.9. The summed E-state index contributed by atoms with van der Waals surface area (Å²) in [6, 6.07) is 23.9. The molecule has 9 heteroatoms. The standard InChI is InChI=1S/C32H31N5O2S2/c1-22-10-9-15-36-28(22)33-29(35-18-16-34(17-19-35)21-24-11-5-3-6-12-24)26(30(36)38)20-27-31(39)37(32(40)41-27)23(2)25-13-7-4-8-14-25/h3-15,20,23H,16-19,21H2,1-2H3. The maximum atomic E-state index is 13.9. The molecule has 1 amide bonds. The number of carbonyl (C=O) groups excluding carboxylic acids is 1. The fraction of sp³-hybridized carbons (Fsp3) is 0.250. The van der Waals surface area contributed by atoms with Crippen LogP contribution in [0.15, 0.2) is 88.7 Å². The van der Waals surface area contributed by atoms with E-state index in [0.29, 0.717) is 26.3 Å². The Kier molecular flexibility index (Phi) is 7.75. The number of nitrogens with zero attached hydrogens (tertiary/aromatic N) is 5. The van der Waals surface area contributed by atoms with Crippen LogP contribution in [-0.2, 0) is 11.3 Å². The first kappa shape index (κ1) is 27.4. The highest BCUT2D eigenvalue weighted by atomic mass is 32.2. The lowest BCUT2D eigenvalue weighted by Gasteiger charge is -2.36. The van der Waals surface area contributed by atoms with Crippen LogP contribution in [0.5, 0.6) is 0 Å². The number of benzene rings is 2. The van der Waals surface area contributed by atoms with Crippen molar-refractivity contribution in [2.45, 2.75) is 26.4 Å². The summed E-state index contributed by atoms with van der Waals surface area (Å²) in [5.41, 5.74) is 4.05. The zero-order valence-corrected chi connectivity index (χ0v) is 24.7. The number of thioether (sulfide) groups is 1. The molecule has 7 nitrogen and oxygen atoms in total. The number of amides is 1. The summed E-state index contributed by atoms with van der Waals surface area (Å²) in [5, 5.41) is 0. The lowest BCUT2D eigenvalue weighted by atomic mass is 10.1. The number of thiocarbonyl (C=S) groups is 1. The van der Waals surface area contributed by atoms with E-state index >= 15 is 0 Å². The average Bonchev–Trinajstić information content (AvgIpc) is 3.28. The number of rotatable bonds is 6. The van der Waals surface area contributed by atoms with Crippen molar-refractivity contribution < 1.29 is 4.79 Å². The van der Waals surface area contributed by atoms with E-state index in [0.717, 1.165) is 43.9 Å². The molecule has 2 fully saturated rings. The minimum absolute atomic E-state index is 0.191. The highest BCUT2D eigenvalue weighted by Crippen LogP contribution is 2.38. The van der Waals surface area contributed by atoms with Crippen LogP contribution >= 0.6 is 24.0 Å². The molecule has 41 heavy (non-hydrogen) atoms. The first-order chi connectivity index (χ1) is 19.9. The topological polar surface area (TPSA) is 61.2 Å². The molecular formula is C32H31N5O2S2. The number of anilines is 1. The van der Waals surface area contributed by atoms with Crippen LogP contribution in [0.4, 0.5) is 5.82 Å². The van der Waals surface area contributed by atoms with Crippen LogP contribution in [0.1, 0.15) is 35.2 Å². The Morgan fingerprint density at radius 3 is 2.34 bits per heavy atom. The van der Waals surface area contributed by atoms with Crippen molar-refractivity contribution in [3.05, 3.63) is 117 Å². The molecule has 2 aliphatic heterocycles. The summed E-state index contributed by atoms with van der Waals surface area (Å²) in [5.74, 6) is 0.425. The molecule has 2 saturated heterocycles. The minimum Gasteiger partial charge on any atom is -0.353 e. The molecule has 2 aliphatic rings. The molecule has 6 rings (SSSR count). The van der Waals surface area contributed by atoms with Gasteiger partial charge in [-0.2, -0.15) is 0 Å². The van der Waals surface area contributed by atoms with Gasteiger partial charge < -0.3 is 4.90 Å². The number of aromatic nitrogens is 2. The number of pyridine rings is 1. The van der Waals surface area contributed by atoms with E-state index in [1.807, 2.05) is 62.4 Å². The van der Waals surface area contributed by atoms with Gasteiger partial charge in [-0.3, -0.25) is 23.8 Å². The number of piperazine rings is 1. The lowest BCUT2D eigenvalue weighted by Crippen LogP contribution is -2.47. The van der Waals surface area contributed by atoms with Crippen LogP contribution < -0.4 is 10.5 Å². The number of aryl methyl sites for hydroxylation is 1. The zero-order valence-electron chi connectivity index (χ0n) is 23.1. The van der Waals surface area contributed by atoms with Gasteiger partial charge in [0, 0.05) is 38.9 Å². The third kappa shape index (κ3) is 5.45. The van der Waals surface area contributed by atoms with Crippen molar-refractivity contribution in [1.82, 2.24) is 19.2 Å². The maximum Gasteiger partial charge on any atom is 0.267 e. The number of carbonyl (C=O) groups is 1. The van der Waals surface area contributed by atoms with E-state index in [-0.39, 0.29) is 17.5 Å². The predicted molar refractivity (Wildman–Crippen MR) is 170 cm³/mol. The summed E-state index contributed by atoms with van der Waals surface area (Å²) in [6.45, 7) is 7.97. The van der Waals surface area contributed by atoms with Gasteiger partial charge >= 0.3 is 0 Å². The fourth-order valence-electron chi connectivity index (χ4n) is 5.45. The Labute approximate surface area is 249 Å². The Morgan fingerprint density at radius 2 is 1.63 bits per heavy atom. The number of fused-ring (bicyclic) bond motifs is 1. The molecule has 4 aromatic rings. The molecule has 0 N–H and O–H groups in total. The molecule has 1 unspecified atom stereocenters. The van der Waals surface area contributed by atoms with Gasteiger partial charge in [-0.15, -0.1) is 0 Å². The highest BCUT2D eigenvalue weighted by molar-refractivity contribution is 8.26. The normalized spacial score (nSPS) is 18.0. The van der Waals surface area contributed by atoms with E-state index in [1.165, 1.54) is 17.3 Å². The second-order valence-corrected chi connectivity index (χ2v) is 12.1. The second kappa shape index (κ2) is 11.6. The Hall–Kier alpha value is -3.79. The highest BCUT2D eigenvalue weighted by Gasteiger charge is 2.36. The molecule has 0 radical (unpaired) electrons. The van der Waals surface area contributed by atoms with E-state index < -0.39 is 0 Å². The van der Waals surface area contributed by atoms with Gasteiger partial charge in [0.2, 0.25) is 0 Å². The molecule has 0 bridgehead atoms. The third-order valence-corrected chi connectivity index (χ3v) is 9.08. The molecule has 0 aliphatic carbocycles. The number of hydrogen-bond acceptors (Lipinski definition) is 7. The summed E-state index contributed by atoms with van der Waals surface area (Å²) in [6.07, 6.45) is 3.44. The second-order valence-electron chi connectivity index (χ2n) is 10.4. The predicted octanol–water partition coefficient (Wildman–Crippen LogP) is 5.29. The van der Waals surface area contributed by atoms with Crippen LogP contribution in [0, 0.1) is 6.92 Å². The van der Waals surface area contributed by atoms with Gasteiger partial charge in [-0.1, -0.05) is 90.7 Å². The van der Waals surface area contributed by atoms with Gasteiger partial charge in [-0.25, -0.2) is 4.98 Å². The van der Waals surface area contributed by atoms with E-state index in [4.69, 9.17) is 17.2 Å². The van der Waals surface area contributed by atoms with E-state index in [9.17, 15) is 9.59 Å². The third-order valence-electron chi connectivity index (χ3n) is 7.75. The van der Waals surface area contributed by atoms with Crippen molar-refractivity contribution in [1.29, 1.82) is 0 Å². The SMILES string of the molecule is Cc1cccn2c(=O)c(C=C3SC(=S)N(C(C)c4ccccc4)C3=O)c(N3CCN(Cc4ccccc4)CC3)nc12. The molecule has 2 aromatic carbocycles. The Morgan fingerprint density at radius 1 is 0.951 bits per heavy atom. The van der Waals surface area contributed by atoms with Gasteiger partial charge in [-0.05, 0) is 42.7 Å². The summed E-state index contributed by atoms with van der Waals surface area (Å²) >= 11 is 6.89. The van der Waals surface area contributed by atoms with Crippen LogP contribution in [0.3, 0.4) is 0 Å². The smallest absolute Gasteiger partial charge is 0.267 e. The molecule has 208 valence electrons. The Bertz CT molecular complexity index is 1700. The molecule has 0 spiro atoms. The minimum atomic E-state index is -0.217. The summed E-state index contributed by atoms with van der Waals surface area (Å²) in [7, 11) is 0. The average molecular weight is 582 g/mol. The van der Waals surface area contributed by atoms with E-state index in [1.54, 1.807) is 21.6 Å². The van der Waals surface area contributed by atoms with Crippen LogP contribution in [0.2, 0.25) is 0 Å². The van der Waals surface area contributed by atoms with Crippen molar-refractivity contribution in [2.24, 2.45) is 0 Å². The van der Waals surface area contributed by atoms with Gasteiger partial charge in [0.1, 0.15) is 15.8 Å². The van der Waals surface area contributed by atoms with Crippen molar-refractivity contribution in [3.63, 3.8) is 0 Å². The van der Waals surface area contributed by atoms with Gasteiger partial charge in [0.25, 0.3) is 11.5 Å². The summed E-state index contributed by atoms with van der Waals surface area (Å²) < 4.78 is 2.06. The molecule has 1 atom stereocenters. The quantitative estimate of drug-likeness (QED) is 0.227. The molecule has 2 aromatic heterocycles. The van der Waals surface area contributed by atoms with E-state index in [2.05, 4.69) is 34.1 Å². The van der Waals surface area contributed by atoms with Crippen molar-refractivity contribution in [2.75, 3.05) is 31.1 Å². The van der Waals surface area contributed by atoms with Crippen LogP contribution in [0.25, 0.3) is 11.7 Å². The van der Waals surface area contributed by atoms with Crippen LogP contribution in [-0.4, -0.2) is 55.6 Å². The van der Waals surface area contributed by atoms with Crippen molar-refractivity contribution >= 4 is 51.7 Å². The molecule has 4 heterocycles. The fourth-order valence-corrected chi connectivity index (χ4v) is 6.85. The lowest BCUT2D eigenvalue weighted by molar-refractivity contribution is -0.123. The first-order valence-corrected chi connectivity index (χ1v) is 15.0. The molecular weight excluding hydrogens is 551 g/mol. The van der Waals surface area contributed by atoms with Gasteiger partial charge in [0.05, 0.1) is 16.5 Å². The number of hydrogen-bond donors (Lipinski definition) is 0. The summed E-state index contributed by atoms with van der Waals surface area (Å²) in [4.78, 5) is 39.3. The van der Waals surface area contributed by atoms with Crippen molar-refractivity contribution in [3.8, 4) is 0 Å². The zero-order chi connectivity index (χ0) is 28.5. The monoisotopic (exact) mass is 581 g/mol. The molecule has 0 saturated carbocycles.